The predicted molar refractivity (Wildman–Crippen MR) is 41.0 cm³/mol. The molecular formula is C6H6ClFN2O. The highest BCUT2D eigenvalue weighted by atomic mass is 35.5. The second-order valence-corrected chi connectivity index (χ2v) is 2.29. The van der Waals surface area contributed by atoms with E-state index in [-0.39, 0.29) is 10.8 Å². The minimum absolute atomic E-state index is 0.0314. The van der Waals surface area contributed by atoms with Crippen molar-refractivity contribution in [1.82, 2.24) is 5.65 Å². The molecule has 0 aromatic heterocycles. The van der Waals surface area contributed by atoms with Gasteiger partial charge in [-0.1, -0.05) is 17.2 Å². The second-order valence-electron chi connectivity index (χ2n) is 1.89. The molecule has 0 spiro atoms. The Morgan fingerprint density at radius 2 is 2.18 bits per heavy atom. The summed E-state index contributed by atoms with van der Waals surface area (Å²) in [7, 11) is 0. The number of hydrazine groups is 1. The van der Waals surface area contributed by atoms with Crippen LogP contribution in [0.3, 0.4) is 0 Å². The zero-order valence-electron chi connectivity index (χ0n) is 5.44. The Hall–Kier alpha value is -1.00. The van der Waals surface area contributed by atoms with E-state index in [9.17, 15) is 4.48 Å². The first kappa shape index (κ1) is 8.10. The lowest BCUT2D eigenvalue weighted by Gasteiger charge is -2.02. The van der Waals surface area contributed by atoms with Crippen LogP contribution in [0.2, 0.25) is 5.02 Å². The third-order valence-electron chi connectivity index (χ3n) is 1.14. The molecule has 0 aliphatic heterocycles. The Bertz CT molecular complexity index is 256. The summed E-state index contributed by atoms with van der Waals surface area (Å²) in [5.41, 5.74) is 3.84. The Balaban J connectivity index is 2.86. The maximum absolute atomic E-state index is 11.4. The molecule has 11 heavy (non-hydrogen) atoms. The summed E-state index contributed by atoms with van der Waals surface area (Å²) >= 11 is 5.51. The number of halogens is 2. The van der Waals surface area contributed by atoms with Gasteiger partial charge in [0.2, 0.25) is 0 Å². The summed E-state index contributed by atoms with van der Waals surface area (Å²) in [6, 6.07) is 4.24. The summed E-state index contributed by atoms with van der Waals surface area (Å²) in [6.07, 6.45) is 0. The Kier molecular flexibility index (Phi) is 2.51. The molecule has 1 aromatic rings. The second kappa shape index (κ2) is 3.41. The number of hydrogen-bond donors (Lipinski definition) is 3. The SMILES string of the molecule is Oc1ccc(NNF)cc1Cl. The van der Waals surface area contributed by atoms with Crippen LogP contribution < -0.4 is 11.1 Å². The van der Waals surface area contributed by atoms with Crippen LogP contribution in [0.4, 0.5) is 10.2 Å². The molecule has 0 heterocycles. The van der Waals surface area contributed by atoms with E-state index in [1.54, 1.807) is 0 Å². The molecule has 0 bridgehead atoms. The highest BCUT2D eigenvalue weighted by Gasteiger charge is 1.97. The molecule has 0 aliphatic rings. The summed E-state index contributed by atoms with van der Waals surface area (Å²) in [5, 5.41) is 9.11. The fraction of sp³-hybridized carbons (Fsp3) is 0. The van der Waals surface area contributed by atoms with Crippen LogP contribution in [0.1, 0.15) is 0 Å². The van der Waals surface area contributed by atoms with E-state index in [1.165, 1.54) is 23.8 Å². The van der Waals surface area contributed by atoms with E-state index in [0.717, 1.165) is 0 Å². The molecule has 0 unspecified atom stereocenters. The van der Waals surface area contributed by atoms with E-state index < -0.39 is 0 Å². The minimum atomic E-state index is -0.0314. The van der Waals surface area contributed by atoms with E-state index in [0.29, 0.717) is 5.69 Å². The quantitative estimate of drug-likeness (QED) is 0.366. The summed E-state index contributed by atoms with van der Waals surface area (Å²) in [6.45, 7) is 0. The van der Waals surface area contributed by atoms with Crippen LogP contribution in [0.15, 0.2) is 18.2 Å². The third kappa shape index (κ3) is 1.96. The zero-order valence-corrected chi connectivity index (χ0v) is 6.19. The van der Waals surface area contributed by atoms with E-state index in [1.807, 2.05) is 0 Å². The molecular weight excluding hydrogens is 171 g/mol. The van der Waals surface area contributed by atoms with Crippen molar-refractivity contribution in [2.24, 2.45) is 0 Å². The van der Waals surface area contributed by atoms with Crippen molar-refractivity contribution < 1.29 is 9.59 Å². The van der Waals surface area contributed by atoms with Crippen LogP contribution in [-0.2, 0) is 0 Å². The summed E-state index contributed by atoms with van der Waals surface area (Å²) in [5.74, 6) is -0.0314. The van der Waals surface area contributed by atoms with Gasteiger partial charge in [0.05, 0.1) is 10.7 Å². The van der Waals surface area contributed by atoms with Gasteiger partial charge in [0.1, 0.15) is 5.75 Å². The predicted octanol–water partition coefficient (Wildman–Crippen LogP) is 1.85. The van der Waals surface area contributed by atoms with Crippen LogP contribution in [0.25, 0.3) is 0 Å². The maximum Gasteiger partial charge on any atom is 0.134 e. The minimum Gasteiger partial charge on any atom is -0.506 e. The first-order valence-electron chi connectivity index (χ1n) is 2.84. The molecule has 5 heteroatoms. The fourth-order valence-electron chi connectivity index (χ4n) is 0.639. The molecule has 0 amide bonds. The van der Waals surface area contributed by atoms with Crippen molar-refractivity contribution >= 4 is 17.3 Å². The summed E-state index contributed by atoms with van der Waals surface area (Å²) < 4.78 is 11.4. The molecule has 0 atom stereocenters. The van der Waals surface area contributed by atoms with Crippen molar-refractivity contribution in [1.29, 1.82) is 0 Å². The normalized spacial score (nSPS) is 9.64. The van der Waals surface area contributed by atoms with Crippen molar-refractivity contribution in [3.05, 3.63) is 23.2 Å². The van der Waals surface area contributed by atoms with Crippen molar-refractivity contribution in [2.75, 3.05) is 5.43 Å². The lowest BCUT2D eigenvalue weighted by atomic mass is 10.3. The van der Waals surface area contributed by atoms with Gasteiger partial charge in [0.25, 0.3) is 0 Å². The Morgan fingerprint density at radius 3 is 2.73 bits per heavy atom. The number of benzene rings is 1. The number of phenolic OH excluding ortho intramolecular Hbond substituents is 1. The van der Waals surface area contributed by atoms with Crippen LogP contribution in [0, 0.1) is 0 Å². The standard InChI is InChI=1S/C6H6ClFN2O/c7-5-3-4(9-10-8)1-2-6(5)11/h1-3,9-11H. The zero-order chi connectivity index (χ0) is 8.27. The first-order valence-corrected chi connectivity index (χ1v) is 3.22. The average molecular weight is 177 g/mol. The average Bonchev–Trinajstić information content (AvgIpc) is 1.98. The van der Waals surface area contributed by atoms with Crippen molar-refractivity contribution in [3.8, 4) is 5.75 Å². The van der Waals surface area contributed by atoms with Gasteiger partial charge in [-0.25, -0.2) is 0 Å². The molecule has 0 aliphatic carbocycles. The molecule has 0 saturated carbocycles. The van der Waals surface area contributed by atoms with Gasteiger partial charge in [-0.05, 0) is 18.2 Å². The van der Waals surface area contributed by atoms with Crippen molar-refractivity contribution in [2.45, 2.75) is 0 Å². The molecule has 3 nitrogen and oxygen atoms in total. The molecule has 3 N–H and O–H groups in total. The molecule has 0 fully saturated rings. The lowest BCUT2D eigenvalue weighted by Crippen LogP contribution is -2.09. The van der Waals surface area contributed by atoms with Crippen LogP contribution in [0.5, 0.6) is 5.75 Å². The molecule has 0 radical (unpaired) electrons. The topological polar surface area (TPSA) is 44.3 Å². The lowest BCUT2D eigenvalue weighted by molar-refractivity contribution is 0.376. The third-order valence-corrected chi connectivity index (χ3v) is 1.44. The summed E-state index contributed by atoms with van der Waals surface area (Å²) in [4.78, 5) is 0. The van der Waals surface area contributed by atoms with Crippen LogP contribution in [-0.4, -0.2) is 5.11 Å². The highest BCUT2D eigenvalue weighted by Crippen LogP contribution is 2.25. The highest BCUT2D eigenvalue weighted by molar-refractivity contribution is 6.32. The maximum atomic E-state index is 11.4. The number of hydrogen-bond acceptors (Lipinski definition) is 3. The van der Waals surface area contributed by atoms with E-state index >= 15 is 0 Å². The van der Waals surface area contributed by atoms with Gasteiger partial charge in [0, 0.05) is 0 Å². The van der Waals surface area contributed by atoms with Crippen LogP contribution >= 0.6 is 11.6 Å². The monoisotopic (exact) mass is 176 g/mol. The smallest absolute Gasteiger partial charge is 0.134 e. The van der Waals surface area contributed by atoms with Gasteiger partial charge in [-0.15, -0.1) is 4.48 Å². The molecule has 0 saturated heterocycles. The first-order chi connectivity index (χ1) is 5.24. The van der Waals surface area contributed by atoms with Crippen molar-refractivity contribution in [3.63, 3.8) is 0 Å². The van der Waals surface area contributed by atoms with Gasteiger partial charge in [0.15, 0.2) is 0 Å². The molecule has 1 rings (SSSR count). The Labute approximate surface area is 67.7 Å². The number of nitrogens with one attached hydrogen (secondary N) is 2. The van der Waals surface area contributed by atoms with E-state index in [4.69, 9.17) is 16.7 Å². The molecule has 60 valence electrons. The van der Waals surface area contributed by atoms with Gasteiger partial charge >= 0.3 is 0 Å². The number of aromatic hydroxyl groups is 1. The fourth-order valence-corrected chi connectivity index (χ4v) is 0.820. The number of anilines is 1. The van der Waals surface area contributed by atoms with Gasteiger partial charge in [-0.3, -0.25) is 5.43 Å². The van der Waals surface area contributed by atoms with Gasteiger partial charge < -0.3 is 5.11 Å². The number of rotatable bonds is 2. The molecule has 1 aromatic carbocycles. The van der Waals surface area contributed by atoms with E-state index in [2.05, 4.69) is 5.43 Å². The Morgan fingerprint density at radius 1 is 1.45 bits per heavy atom. The largest absolute Gasteiger partial charge is 0.506 e. The van der Waals surface area contributed by atoms with Gasteiger partial charge in [-0.2, -0.15) is 0 Å². The number of phenols is 1.